The monoisotopic (exact) mass is 320 g/mol. The van der Waals surface area contributed by atoms with Crippen LogP contribution in [0.5, 0.6) is 0 Å². The summed E-state index contributed by atoms with van der Waals surface area (Å²) in [5.74, 6) is 4.11. The molecule has 8 atom stereocenters. The molecule has 4 fully saturated rings. The summed E-state index contributed by atoms with van der Waals surface area (Å²) in [7, 11) is 0. The molecule has 0 radical (unpaired) electrons. The fraction of sp³-hybridized carbons (Fsp3) is 1.00. The van der Waals surface area contributed by atoms with Crippen LogP contribution < -0.4 is 0 Å². The highest BCUT2D eigenvalue weighted by Gasteiger charge is 2.55. The van der Waals surface area contributed by atoms with Gasteiger partial charge in [0.05, 0.1) is 11.7 Å². The molecule has 4 rings (SSSR count). The van der Waals surface area contributed by atoms with Crippen LogP contribution >= 0.6 is 0 Å². The lowest BCUT2D eigenvalue weighted by atomic mass is 9.48. The van der Waals surface area contributed by atoms with Crippen LogP contribution in [0.2, 0.25) is 0 Å². The van der Waals surface area contributed by atoms with Gasteiger partial charge in [-0.1, -0.05) is 19.8 Å². The molecule has 4 aliphatic carbocycles. The Hall–Kier alpha value is -0.0800. The highest BCUT2D eigenvalue weighted by molar-refractivity contribution is 5.04. The Balaban J connectivity index is 1.57. The zero-order chi connectivity index (χ0) is 16.2. The minimum absolute atomic E-state index is 0.0687. The van der Waals surface area contributed by atoms with E-state index < -0.39 is 5.60 Å². The van der Waals surface area contributed by atoms with Crippen LogP contribution in [0.3, 0.4) is 0 Å². The molecule has 0 aromatic rings. The topological polar surface area (TPSA) is 40.5 Å². The summed E-state index contributed by atoms with van der Waals surface area (Å²) in [5, 5.41) is 21.3. The molecule has 0 heterocycles. The van der Waals surface area contributed by atoms with Gasteiger partial charge in [-0.05, 0) is 99.7 Å². The van der Waals surface area contributed by atoms with E-state index >= 15 is 0 Å². The first kappa shape index (κ1) is 16.4. The van der Waals surface area contributed by atoms with Gasteiger partial charge in [-0.2, -0.15) is 0 Å². The Morgan fingerprint density at radius 3 is 2.35 bits per heavy atom. The zero-order valence-corrected chi connectivity index (χ0v) is 15.1. The molecule has 0 aromatic heterocycles. The van der Waals surface area contributed by atoms with Crippen molar-refractivity contribution < 1.29 is 10.2 Å². The molecule has 4 aliphatic rings. The molecular formula is C21H36O2. The standard InChI is InChI=1S/C21H36O2/c1-20(23)11-9-15-14(13-20)7-8-17-16(15)10-12-21(2)18(17)5-3-4-6-19(21)22/h14-19,22-23H,3-13H2,1-2H3/t14-,15+,16-,17-,18+,19-,20-,21+/m1/s1. The number of aliphatic hydroxyl groups excluding tert-OH is 1. The Bertz CT molecular complexity index is 445. The number of rotatable bonds is 0. The summed E-state index contributed by atoms with van der Waals surface area (Å²) in [6.45, 7) is 4.45. The first-order chi connectivity index (χ1) is 10.9. The van der Waals surface area contributed by atoms with Gasteiger partial charge in [-0.15, -0.1) is 0 Å². The minimum Gasteiger partial charge on any atom is -0.393 e. The third-order valence-corrected chi connectivity index (χ3v) is 8.68. The molecule has 132 valence electrons. The van der Waals surface area contributed by atoms with Crippen molar-refractivity contribution in [1.29, 1.82) is 0 Å². The van der Waals surface area contributed by atoms with Gasteiger partial charge in [-0.3, -0.25) is 0 Å². The molecule has 23 heavy (non-hydrogen) atoms. The molecule has 0 aliphatic heterocycles. The van der Waals surface area contributed by atoms with Gasteiger partial charge >= 0.3 is 0 Å². The fourth-order valence-electron chi connectivity index (χ4n) is 7.42. The van der Waals surface area contributed by atoms with E-state index in [2.05, 4.69) is 13.8 Å². The van der Waals surface area contributed by atoms with E-state index in [1.165, 1.54) is 51.4 Å². The van der Waals surface area contributed by atoms with Crippen LogP contribution in [0.25, 0.3) is 0 Å². The van der Waals surface area contributed by atoms with Crippen LogP contribution in [-0.2, 0) is 0 Å². The highest BCUT2D eigenvalue weighted by atomic mass is 16.3. The Morgan fingerprint density at radius 2 is 1.52 bits per heavy atom. The van der Waals surface area contributed by atoms with Crippen molar-refractivity contribution in [2.24, 2.45) is 35.0 Å². The maximum Gasteiger partial charge on any atom is 0.0622 e. The number of aliphatic hydroxyl groups is 2. The maximum atomic E-state index is 10.8. The van der Waals surface area contributed by atoms with Gasteiger partial charge in [0.25, 0.3) is 0 Å². The smallest absolute Gasteiger partial charge is 0.0622 e. The van der Waals surface area contributed by atoms with Crippen molar-refractivity contribution in [2.75, 3.05) is 0 Å². The fourth-order valence-corrected chi connectivity index (χ4v) is 7.42. The molecular weight excluding hydrogens is 284 g/mol. The normalized spacial score (nSPS) is 56.9. The van der Waals surface area contributed by atoms with E-state index in [1.54, 1.807) is 0 Å². The van der Waals surface area contributed by atoms with Crippen molar-refractivity contribution in [2.45, 2.75) is 96.2 Å². The number of hydrogen-bond acceptors (Lipinski definition) is 2. The third kappa shape index (κ3) is 2.68. The van der Waals surface area contributed by atoms with Gasteiger partial charge in [-0.25, -0.2) is 0 Å². The van der Waals surface area contributed by atoms with Crippen molar-refractivity contribution >= 4 is 0 Å². The largest absolute Gasteiger partial charge is 0.393 e. The number of fused-ring (bicyclic) bond motifs is 5. The molecule has 0 amide bonds. The average molecular weight is 321 g/mol. The Kier molecular flexibility index (Phi) is 4.08. The molecule has 0 aromatic carbocycles. The van der Waals surface area contributed by atoms with Crippen molar-refractivity contribution in [3.63, 3.8) is 0 Å². The second-order valence-electron chi connectivity index (χ2n) is 10.0. The minimum atomic E-state index is -0.407. The molecule has 0 saturated heterocycles. The van der Waals surface area contributed by atoms with E-state index in [0.717, 1.165) is 48.9 Å². The highest BCUT2D eigenvalue weighted by Crippen LogP contribution is 2.61. The Morgan fingerprint density at radius 1 is 0.783 bits per heavy atom. The van der Waals surface area contributed by atoms with Crippen LogP contribution in [-0.4, -0.2) is 21.9 Å². The third-order valence-electron chi connectivity index (χ3n) is 8.68. The molecule has 2 N–H and O–H groups in total. The maximum absolute atomic E-state index is 10.8. The molecule has 2 nitrogen and oxygen atoms in total. The average Bonchev–Trinajstić information content (AvgIpc) is 2.65. The summed E-state index contributed by atoms with van der Waals surface area (Å²) < 4.78 is 0. The zero-order valence-electron chi connectivity index (χ0n) is 15.1. The first-order valence-corrected chi connectivity index (χ1v) is 10.3. The van der Waals surface area contributed by atoms with Crippen LogP contribution in [0, 0.1) is 35.0 Å². The van der Waals surface area contributed by atoms with E-state index in [4.69, 9.17) is 0 Å². The van der Waals surface area contributed by atoms with Gasteiger partial charge in [0.2, 0.25) is 0 Å². The molecule has 2 heteroatoms. The quantitative estimate of drug-likeness (QED) is 0.688. The van der Waals surface area contributed by atoms with Crippen LogP contribution in [0.15, 0.2) is 0 Å². The summed E-state index contributed by atoms with van der Waals surface area (Å²) in [6, 6.07) is 0. The van der Waals surface area contributed by atoms with E-state index in [0.29, 0.717) is 0 Å². The summed E-state index contributed by atoms with van der Waals surface area (Å²) in [6.07, 6.45) is 13.4. The van der Waals surface area contributed by atoms with Gasteiger partial charge in [0.1, 0.15) is 0 Å². The molecule has 0 spiro atoms. The number of hydrogen-bond donors (Lipinski definition) is 2. The van der Waals surface area contributed by atoms with E-state index in [9.17, 15) is 10.2 Å². The summed E-state index contributed by atoms with van der Waals surface area (Å²) in [5.41, 5.74) is -0.222. The lowest BCUT2D eigenvalue weighted by molar-refractivity contribution is -0.127. The molecule has 0 bridgehead atoms. The summed E-state index contributed by atoms with van der Waals surface area (Å²) >= 11 is 0. The second-order valence-corrected chi connectivity index (χ2v) is 10.0. The molecule has 0 unspecified atom stereocenters. The van der Waals surface area contributed by atoms with Gasteiger partial charge in [0, 0.05) is 0 Å². The lowest BCUT2D eigenvalue weighted by Gasteiger charge is -2.58. The van der Waals surface area contributed by atoms with Crippen molar-refractivity contribution in [3.8, 4) is 0 Å². The van der Waals surface area contributed by atoms with Crippen LogP contribution in [0.1, 0.15) is 84.5 Å². The molecule has 4 saturated carbocycles. The first-order valence-electron chi connectivity index (χ1n) is 10.3. The van der Waals surface area contributed by atoms with E-state index in [1.807, 2.05) is 0 Å². The SMILES string of the molecule is C[C@@]1(O)CC[C@H]2[C@H](CC[C@@H]3[C@@H]2CC[C@]2(C)[C@H](O)CCCC[C@@H]32)C1. The van der Waals surface area contributed by atoms with Crippen molar-refractivity contribution in [3.05, 3.63) is 0 Å². The van der Waals surface area contributed by atoms with Crippen molar-refractivity contribution in [1.82, 2.24) is 0 Å². The Labute approximate surface area is 142 Å². The van der Waals surface area contributed by atoms with Gasteiger partial charge < -0.3 is 10.2 Å². The predicted octanol–water partition coefficient (Wildman–Crippen LogP) is 4.53. The second kappa shape index (κ2) is 5.73. The van der Waals surface area contributed by atoms with Crippen LogP contribution in [0.4, 0.5) is 0 Å². The van der Waals surface area contributed by atoms with Gasteiger partial charge in [0.15, 0.2) is 0 Å². The predicted molar refractivity (Wildman–Crippen MR) is 93.0 cm³/mol. The lowest BCUT2D eigenvalue weighted by Crippen LogP contribution is -2.53. The summed E-state index contributed by atoms with van der Waals surface area (Å²) in [4.78, 5) is 0. The van der Waals surface area contributed by atoms with E-state index in [-0.39, 0.29) is 11.5 Å².